The summed E-state index contributed by atoms with van der Waals surface area (Å²) in [5.74, 6) is 0.423. The van der Waals surface area contributed by atoms with Crippen LogP contribution in [0, 0.1) is 6.92 Å². The Balaban J connectivity index is 1.52. The van der Waals surface area contributed by atoms with E-state index in [-0.39, 0.29) is 10.8 Å². The third-order valence-corrected chi connectivity index (χ3v) is 6.25. The zero-order valence-corrected chi connectivity index (χ0v) is 17.2. The van der Waals surface area contributed by atoms with E-state index >= 15 is 0 Å². The summed E-state index contributed by atoms with van der Waals surface area (Å²) in [6.07, 6.45) is 4.03. The highest BCUT2D eigenvalue weighted by atomic mass is 32.2. The van der Waals surface area contributed by atoms with Gasteiger partial charge in [-0.05, 0) is 60.0 Å². The molecular formula is C22H21N3O4S. The molecule has 2 aromatic carbocycles. The molecule has 0 fully saturated rings. The Morgan fingerprint density at radius 3 is 2.83 bits per heavy atom. The molecule has 0 aliphatic carbocycles. The molecule has 0 atom stereocenters. The Bertz CT molecular complexity index is 1190. The molecule has 154 valence electrons. The molecule has 3 aromatic rings. The van der Waals surface area contributed by atoms with Crippen LogP contribution in [0.5, 0.6) is 5.75 Å². The molecule has 4 rings (SSSR count). The number of ether oxygens (including phenoxy) is 1. The Morgan fingerprint density at radius 1 is 1.17 bits per heavy atom. The fraction of sp³-hybridized carbons (Fsp3) is 0.182. The van der Waals surface area contributed by atoms with Crippen molar-refractivity contribution in [2.75, 3.05) is 11.3 Å². The fourth-order valence-corrected chi connectivity index (χ4v) is 4.37. The van der Waals surface area contributed by atoms with Crippen molar-refractivity contribution in [2.24, 2.45) is 0 Å². The number of amides is 1. The van der Waals surface area contributed by atoms with Crippen LogP contribution in [0.25, 0.3) is 0 Å². The lowest BCUT2D eigenvalue weighted by Gasteiger charge is -2.13. The highest BCUT2D eigenvalue weighted by molar-refractivity contribution is 7.92. The van der Waals surface area contributed by atoms with E-state index in [0.717, 1.165) is 16.9 Å². The zero-order chi connectivity index (χ0) is 21.1. The summed E-state index contributed by atoms with van der Waals surface area (Å²) in [6.45, 7) is 2.67. The molecule has 1 amide bonds. The molecule has 0 unspecified atom stereocenters. The topological polar surface area (TPSA) is 97.4 Å². The van der Waals surface area contributed by atoms with E-state index in [1.165, 1.54) is 6.07 Å². The van der Waals surface area contributed by atoms with Crippen LogP contribution in [-0.4, -0.2) is 25.9 Å². The van der Waals surface area contributed by atoms with Gasteiger partial charge in [-0.3, -0.25) is 14.5 Å². The maximum atomic E-state index is 12.9. The standard InChI is InChI=1S/C22H21N3O4S/c1-15-4-5-18(22(26)24-14-16-3-2-9-23-13-16)12-20(15)25-30(27,28)19-6-7-21-17(11-19)8-10-29-21/h2-7,9,11-13,25H,8,10,14H2,1H3,(H,24,26). The molecule has 0 saturated heterocycles. The van der Waals surface area contributed by atoms with Gasteiger partial charge in [0, 0.05) is 30.9 Å². The van der Waals surface area contributed by atoms with Gasteiger partial charge in [-0.2, -0.15) is 0 Å². The van der Waals surface area contributed by atoms with Crippen LogP contribution in [0.2, 0.25) is 0 Å². The quantitative estimate of drug-likeness (QED) is 0.635. The number of hydrogen-bond acceptors (Lipinski definition) is 5. The second-order valence-electron chi connectivity index (χ2n) is 7.05. The van der Waals surface area contributed by atoms with Gasteiger partial charge in [0.2, 0.25) is 0 Å². The van der Waals surface area contributed by atoms with Crippen molar-refractivity contribution in [2.45, 2.75) is 24.8 Å². The highest BCUT2D eigenvalue weighted by Crippen LogP contribution is 2.29. The van der Waals surface area contributed by atoms with Gasteiger partial charge >= 0.3 is 0 Å². The summed E-state index contributed by atoms with van der Waals surface area (Å²) < 4.78 is 33.8. The van der Waals surface area contributed by atoms with Crippen LogP contribution in [0.4, 0.5) is 5.69 Å². The maximum Gasteiger partial charge on any atom is 0.261 e. The first-order chi connectivity index (χ1) is 14.4. The molecule has 0 spiro atoms. The van der Waals surface area contributed by atoms with E-state index in [4.69, 9.17) is 4.74 Å². The molecule has 1 aliphatic heterocycles. The molecule has 2 N–H and O–H groups in total. The number of carbonyl (C=O) groups excluding carboxylic acids is 1. The minimum atomic E-state index is -3.80. The lowest BCUT2D eigenvalue weighted by atomic mass is 10.1. The van der Waals surface area contributed by atoms with E-state index in [1.807, 2.05) is 6.07 Å². The lowest BCUT2D eigenvalue weighted by Crippen LogP contribution is -2.23. The van der Waals surface area contributed by atoms with Crippen LogP contribution in [0.1, 0.15) is 27.0 Å². The average molecular weight is 423 g/mol. The van der Waals surface area contributed by atoms with Crippen LogP contribution < -0.4 is 14.8 Å². The average Bonchev–Trinajstić information content (AvgIpc) is 3.22. The molecule has 8 heteroatoms. The second-order valence-corrected chi connectivity index (χ2v) is 8.73. The number of pyridine rings is 1. The van der Waals surface area contributed by atoms with Crippen LogP contribution in [0.3, 0.4) is 0 Å². The Labute approximate surface area is 175 Å². The number of rotatable bonds is 6. The van der Waals surface area contributed by atoms with E-state index in [9.17, 15) is 13.2 Å². The van der Waals surface area contributed by atoms with Gasteiger partial charge in [0.15, 0.2) is 0 Å². The van der Waals surface area contributed by atoms with Crippen molar-refractivity contribution < 1.29 is 17.9 Å². The van der Waals surface area contributed by atoms with E-state index in [0.29, 0.717) is 36.4 Å². The van der Waals surface area contributed by atoms with Crippen molar-refractivity contribution >= 4 is 21.6 Å². The first kappa shape index (κ1) is 19.9. The smallest absolute Gasteiger partial charge is 0.261 e. The molecular weight excluding hydrogens is 402 g/mol. The Kier molecular flexibility index (Phi) is 5.41. The lowest BCUT2D eigenvalue weighted by molar-refractivity contribution is 0.0951. The summed E-state index contributed by atoms with van der Waals surface area (Å²) >= 11 is 0. The first-order valence-electron chi connectivity index (χ1n) is 9.49. The second kappa shape index (κ2) is 8.16. The fourth-order valence-electron chi connectivity index (χ4n) is 3.19. The van der Waals surface area contributed by atoms with Gasteiger partial charge in [-0.15, -0.1) is 0 Å². The number of aryl methyl sites for hydroxylation is 1. The van der Waals surface area contributed by atoms with Crippen molar-refractivity contribution in [3.05, 3.63) is 83.2 Å². The number of sulfonamides is 1. The normalized spacial score (nSPS) is 12.7. The van der Waals surface area contributed by atoms with E-state index in [2.05, 4.69) is 15.0 Å². The van der Waals surface area contributed by atoms with Gasteiger partial charge in [0.1, 0.15) is 5.75 Å². The molecule has 2 heterocycles. The Morgan fingerprint density at radius 2 is 2.03 bits per heavy atom. The minimum Gasteiger partial charge on any atom is -0.493 e. The third-order valence-electron chi connectivity index (χ3n) is 4.89. The maximum absolute atomic E-state index is 12.9. The highest BCUT2D eigenvalue weighted by Gasteiger charge is 2.20. The van der Waals surface area contributed by atoms with Gasteiger partial charge in [0.25, 0.3) is 15.9 Å². The number of nitrogens with zero attached hydrogens (tertiary/aromatic N) is 1. The number of fused-ring (bicyclic) bond motifs is 1. The monoisotopic (exact) mass is 423 g/mol. The summed E-state index contributed by atoms with van der Waals surface area (Å²) in [7, 11) is -3.80. The predicted molar refractivity (Wildman–Crippen MR) is 113 cm³/mol. The number of nitrogens with one attached hydrogen (secondary N) is 2. The number of hydrogen-bond donors (Lipinski definition) is 2. The number of benzene rings is 2. The van der Waals surface area contributed by atoms with Crippen molar-refractivity contribution in [3.8, 4) is 5.75 Å². The SMILES string of the molecule is Cc1ccc(C(=O)NCc2cccnc2)cc1NS(=O)(=O)c1ccc2c(c1)CCO2. The van der Waals surface area contributed by atoms with E-state index < -0.39 is 10.0 Å². The molecule has 0 saturated carbocycles. The summed E-state index contributed by atoms with van der Waals surface area (Å²) in [5.41, 5.74) is 3.19. The molecule has 1 aliphatic rings. The molecule has 0 bridgehead atoms. The first-order valence-corrected chi connectivity index (χ1v) is 11.0. The van der Waals surface area contributed by atoms with Crippen LogP contribution in [0.15, 0.2) is 65.8 Å². The molecule has 7 nitrogen and oxygen atoms in total. The largest absolute Gasteiger partial charge is 0.493 e. The van der Waals surface area contributed by atoms with Crippen LogP contribution >= 0.6 is 0 Å². The molecule has 0 radical (unpaired) electrons. The summed E-state index contributed by atoms with van der Waals surface area (Å²) in [6, 6.07) is 13.4. The van der Waals surface area contributed by atoms with Crippen LogP contribution in [-0.2, 0) is 23.0 Å². The van der Waals surface area contributed by atoms with Gasteiger partial charge in [0.05, 0.1) is 17.2 Å². The summed E-state index contributed by atoms with van der Waals surface area (Å²) in [4.78, 5) is 16.7. The number of aromatic nitrogens is 1. The van der Waals surface area contributed by atoms with Crippen molar-refractivity contribution in [1.29, 1.82) is 0 Å². The van der Waals surface area contributed by atoms with Crippen molar-refractivity contribution in [1.82, 2.24) is 10.3 Å². The molecule has 1 aromatic heterocycles. The van der Waals surface area contributed by atoms with Gasteiger partial charge in [-0.1, -0.05) is 12.1 Å². The van der Waals surface area contributed by atoms with E-state index in [1.54, 1.807) is 55.7 Å². The van der Waals surface area contributed by atoms with Gasteiger partial charge < -0.3 is 10.1 Å². The Hall–Kier alpha value is -3.39. The minimum absolute atomic E-state index is 0.164. The zero-order valence-electron chi connectivity index (χ0n) is 16.4. The molecule has 30 heavy (non-hydrogen) atoms. The third kappa shape index (κ3) is 4.28. The van der Waals surface area contributed by atoms with Crippen molar-refractivity contribution in [3.63, 3.8) is 0 Å². The number of anilines is 1. The number of carbonyl (C=O) groups is 1. The summed E-state index contributed by atoms with van der Waals surface area (Å²) in [5, 5.41) is 2.81. The predicted octanol–water partition coefficient (Wildman–Crippen LogP) is 3.06. The van der Waals surface area contributed by atoms with Gasteiger partial charge in [-0.25, -0.2) is 8.42 Å².